The number of benzene rings is 2. The van der Waals surface area contributed by atoms with Crippen LogP contribution in [0.15, 0.2) is 42.5 Å². The Morgan fingerprint density at radius 1 is 1.06 bits per heavy atom. The maximum absolute atomic E-state index is 13.7. The van der Waals surface area contributed by atoms with Crippen molar-refractivity contribution in [1.82, 2.24) is 0 Å². The van der Waals surface area contributed by atoms with E-state index in [4.69, 9.17) is 5.73 Å². The van der Waals surface area contributed by atoms with Gasteiger partial charge in [-0.1, -0.05) is 18.2 Å². The first-order valence-corrected chi connectivity index (χ1v) is 5.44. The number of rotatable bonds is 2. The summed E-state index contributed by atoms with van der Waals surface area (Å²) in [5, 5.41) is 0. The van der Waals surface area contributed by atoms with E-state index in [1.54, 1.807) is 17.0 Å². The molecule has 0 fully saturated rings. The van der Waals surface area contributed by atoms with Crippen molar-refractivity contribution in [3.05, 3.63) is 53.8 Å². The monoisotopic (exact) mass is 230 g/mol. The van der Waals surface area contributed by atoms with E-state index in [-0.39, 0.29) is 5.82 Å². The minimum atomic E-state index is -0.239. The summed E-state index contributed by atoms with van der Waals surface area (Å²) in [7, 11) is 1.83. The number of nitrogens with zero attached hydrogens (tertiary/aromatic N) is 1. The third-order valence-corrected chi connectivity index (χ3v) is 2.81. The van der Waals surface area contributed by atoms with Crippen molar-refractivity contribution in [3.8, 4) is 0 Å². The lowest BCUT2D eigenvalue weighted by molar-refractivity contribution is 0.627. The zero-order chi connectivity index (χ0) is 12.4. The van der Waals surface area contributed by atoms with Crippen molar-refractivity contribution < 1.29 is 4.39 Å². The average molecular weight is 230 g/mol. The molecule has 0 spiro atoms. The summed E-state index contributed by atoms with van der Waals surface area (Å²) in [6, 6.07) is 12.3. The molecule has 0 bridgehead atoms. The molecule has 0 radical (unpaired) electrons. The van der Waals surface area contributed by atoms with E-state index in [0.29, 0.717) is 11.4 Å². The van der Waals surface area contributed by atoms with Crippen LogP contribution >= 0.6 is 0 Å². The highest BCUT2D eigenvalue weighted by molar-refractivity contribution is 5.69. The lowest BCUT2D eigenvalue weighted by atomic mass is 10.1. The molecule has 0 saturated carbocycles. The molecule has 2 N–H and O–H groups in total. The van der Waals surface area contributed by atoms with E-state index in [1.165, 1.54) is 6.07 Å². The van der Waals surface area contributed by atoms with Crippen LogP contribution in [0.5, 0.6) is 0 Å². The van der Waals surface area contributed by atoms with Gasteiger partial charge in [0.25, 0.3) is 0 Å². The Balaban J connectivity index is 2.47. The molecule has 2 rings (SSSR count). The molecule has 88 valence electrons. The zero-order valence-corrected chi connectivity index (χ0v) is 9.94. The molecule has 0 heterocycles. The number of hydrogen-bond donors (Lipinski definition) is 1. The molecule has 0 aliphatic heterocycles. The molecule has 17 heavy (non-hydrogen) atoms. The molecule has 0 amide bonds. The van der Waals surface area contributed by atoms with Crippen LogP contribution in [0.4, 0.5) is 21.5 Å². The lowest BCUT2D eigenvalue weighted by Crippen LogP contribution is -2.12. The number of para-hydroxylation sites is 1. The Hall–Kier alpha value is -2.03. The van der Waals surface area contributed by atoms with Crippen LogP contribution in [0.1, 0.15) is 5.56 Å². The molecule has 0 aliphatic carbocycles. The lowest BCUT2D eigenvalue weighted by Gasteiger charge is -2.22. The van der Waals surface area contributed by atoms with E-state index in [9.17, 15) is 4.39 Å². The summed E-state index contributed by atoms with van der Waals surface area (Å²) in [5.41, 5.74) is 8.95. The first-order valence-electron chi connectivity index (χ1n) is 5.44. The van der Waals surface area contributed by atoms with Crippen molar-refractivity contribution in [2.75, 3.05) is 17.7 Å². The van der Waals surface area contributed by atoms with Gasteiger partial charge >= 0.3 is 0 Å². The maximum atomic E-state index is 13.7. The highest BCUT2D eigenvalue weighted by Crippen LogP contribution is 2.29. The smallest absolute Gasteiger partial charge is 0.146 e. The Bertz CT molecular complexity index is 537. The van der Waals surface area contributed by atoms with Crippen molar-refractivity contribution in [3.63, 3.8) is 0 Å². The molecule has 2 nitrogen and oxygen atoms in total. The van der Waals surface area contributed by atoms with Gasteiger partial charge < -0.3 is 10.6 Å². The normalized spacial score (nSPS) is 10.3. The molecule has 0 unspecified atom stereocenters. The van der Waals surface area contributed by atoms with Gasteiger partial charge in [-0.3, -0.25) is 0 Å². The zero-order valence-electron chi connectivity index (χ0n) is 9.94. The molecular formula is C14H15FN2. The Morgan fingerprint density at radius 3 is 2.47 bits per heavy atom. The number of anilines is 3. The molecule has 2 aromatic rings. The SMILES string of the molecule is Cc1ccc(N)cc1N(C)c1ccccc1F. The second kappa shape index (κ2) is 4.45. The Kier molecular flexibility index (Phi) is 3.00. The van der Waals surface area contributed by atoms with Crippen molar-refractivity contribution in [2.24, 2.45) is 0 Å². The van der Waals surface area contributed by atoms with Crippen molar-refractivity contribution in [2.45, 2.75) is 6.92 Å². The predicted molar refractivity (Wildman–Crippen MR) is 70.1 cm³/mol. The molecule has 2 aromatic carbocycles. The maximum Gasteiger partial charge on any atom is 0.146 e. The standard InChI is InChI=1S/C14H15FN2/c1-10-7-8-11(16)9-14(10)17(2)13-6-4-3-5-12(13)15/h3-9H,16H2,1-2H3. The summed E-state index contributed by atoms with van der Waals surface area (Å²) in [5.74, 6) is -0.239. The summed E-state index contributed by atoms with van der Waals surface area (Å²) in [6.45, 7) is 1.98. The molecule has 3 heteroatoms. The minimum absolute atomic E-state index is 0.239. The topological polar surface area (TPSA) is 29.3 Å². The van der Waals surface area contributed by atoms with Crippen LogP contribution in [0.2, 0.25) is 0 Å². The van der Waals surface area contributed by atoms with Crippen LogP contribution < -0.4 is 10.6 Å². The average Bonchev–Trinajstić information content (AvgIpc) is 2.32. The van der Waals surface area contributed by atoms with Gasteiger partial charge in [0.1, 0.15) is 5.82 Å². The minimum Gasteiger partial charge on any atom is -0.399 e. The molecular weight excluding hydrogens is 215 g/mol. The largest absolute Gasteiger partial charge is 0.399 e. The van der Waals surface area contributed by atoms with Gasteiger partial charge in [-0.2, -0.15) is 0 Å². The first-order chi connectivity index (χ1) is 8.09. The summed E-state index contributed by atoms with van der Waals surface area (Å²) in [6.07, 6.45) is 0. The highest BCUT2D eigenvalue weighted by atomic mass is 19.1. The number of halogens is 1. The Morgan fingerprint density at radius 2 is 1.76 bits per heavy atom. The van der Waals surface area contributed by atoms with Crippen LogP contribution in [-0.2, 0) is 0 Å². The second-order valence-corrected chi connectivity index (χ2v) is 4.06. The fourth-order valence-electron chi connectivity index (χ4n) is 1.84. The van der Waals surface area contributed by atoms with Crippen molar-refractivity contribution in [1.29, 1.82) is 0 Å². The quantitative estimate of drug-likeness (QED) is 0.800. The molecule has 0 atom stereocenters. The number of nitrogens with two attached hydrogens (primary N) is 1. The summed E-state index contributed by atoms with van der Waals surface area (Å²) < 4.78 is 13.7. The highest BCUT2D eigenvalue weighted by Gasteiger charge is 2.10. The van der Waals surface area contributed by atoms with Crippen LogP contribution in [0.3, 0.4) is 0 Å². The van der Waals surface area contributed by atoms with Crippen LogP contribution in [-0.4, -0.2) is 7.05 Å². The fourth-order valence-corrected chi connectivity index (χ4v) is 1.84. The summed E-state index contributed by atoms with van der Waals surface area (Å²) >= 11 is 0. The fraction of sp³-hybridized carbons (Fsp3) is 0.143. The number of nitrogen functional groups attached to an aromatic ring is 1. The second-order valence-electron chi connectivity index (χ2n) is 4.06. The van der Waals surface area contributed by atoms with Crippen LogP contribution in [0, 0.1) is 12.7 Å². The van der Waals surface area contributed by atoms with E-state index in [2.05, 4.69) is 0 Å². The van der Waals surface area contributed by atoms with E-state index < -0.39 is 0 Å². The van der Waals surface area contributed by atoms with Gasteiger partial charge in [0.2, 0.25) is 0 Å². The third kappa shape index (κ3) is 2.23. The van der Waals surface area contributed by atoms with E-state index >= 15 is 0 Å². The van der Waals surface area contributed by atoms with E-state index in [1.807, 2.05) is 38.2 Å². The number of aryl methyl sites for hydroxylation is 1. The van der Waals surface area contributed by atoms with Gasteiger partial charge in [0.05, 0.1) is 5.69 Å². The first kappa shape index (κ1) is 11.5. The van der Waals surface area contributed by atoms with Gasteiger partial charge in [0.15, 0.2) is 0 Å². The van der Waals surface area contributed by atoms with Gasteiger partial charge in [-0.25, -0.2) is 4.39 Å². The van der Waals surface area contributed by atoms with Gasteiger partial charge in [-0.15, -0.1) is 0 Å². The third-order valence-electron chi connectivity index (χ3n) is 2.81. The van der Waals surface area contributed by atoms with E-state index in [0.717, 1.165) is 11.3 Å². The molecule has 0 aromatic heterocycles. The van der Waals surface area contributed by atoms with Gasteiger partial charge in [-0.05, 0) is 36.8 Å². The molecule has 0 saturated heterocycles. The van der Waals surface area contributed by atoms with Crippen molar-refractivity contribution >= 4 is 17.1 Å². The Labute approximate surface area is 100 Å². The predicted octanol–water partition coefficient (Wildman–Crippen LogP) is 3.48. The number of hydrogen-bond acceptors (Lipinski definition) is 2. The van der Waals surface area contributed by atoms with Crippen LogP contribution in [0.25, 0.3) is 0 Å². The van der Waals surface area contributed by atoms with Gasteiger partial charge in [0, 0.05) is 18.4 Å². The summed E-state index contributed by atoms with van der Waals surface area (Å²) in [4.78, 5) is 1.81. The molecule has 0 aliphatic rings.